The second kappa shape index (κ2) is 4.79. The van der Waals surface area contributed by atoms with Gasteiger partial charge in [-0.05, 0) is 6.42 Å². The third-order valence-electron chi connectivity index (χ3n) is 2.09. The number of hydrogen-bond donors (Lipinski definition) is 0. The quantitative estimate of drug-likeness (QED) is 0.688. The molecule has 5 heteroatoms. The average Bonchev–Trinajstić information content (AvgIpc) is 2.16. The number of thioether (sulfide) groups is 1. The van der Waals surface area contributed by atoms with Gasteiger partial charge < -0.3 is 4.90 Å². The largest absolute Gasteiger partial charge is 0.336 e. The Bertz CT molecular complexity index is 189. The highest BCUT2D eigenvalue weighted by Gasteiger charge is 2.27. The van der Waals surface area contributed by atoms with Gasteiger partial charge in [0.2, 0.25) is 0 Å². The molecule has 0 radical (unpaired) electrons. The van der Waals surface area contributed by atoms with Gasteiger partial charge in [0.05, 0.1) is 0 Å². The number of alkyl halides is 2. The fourth-order valence-corrected chi connectivity index (χ4v) is 2.48. The van der Waals surface area contributed by atoms with Gasteiger partial charge in [-0.15, -0.1) is 0 Å². The molecule has 1 unspecified atom stereocenters. The lowest BCUT2D eigenvalue weighted by Crippen LogP contribution is -2.44. The fourth-order valence-electron chi connectivity index (χ4n) is 1.30. The number of nitrogens with zero attached hydrogens (tertiary/aromatic N) is 1. The van der Waals surface area contributed by atoms with E-state index in [1.165, 1.54) is 4.90 Å². The lowest BCUT2D eigenvalue weighted by atomic mass is 10.3. The smallest absolute Gasteiger partial charge is 0.315 e. The highest BCUT2D eigenvalue weighted by molar-refractivity contribution is 8.00. The van der Waals surface area contributed by atoms with Gasteiger partial charge in [0.25, 0.3) is 5.91 Å². The maximum absolute atomic E-state index is 12.0. The van der Waals surface area contributed by atoms with Crippen molar-refractivity contribution in [1.82, 2.24) is 4.90 Å². The van der Waals surface area contributed by atoms with E-state index in [1.807, 2.05) is 6.92 Å². The Kier molecular flexibility index (Phi) is 3.96. The van der Waals surface area contributed by atoms with Crippen LogP contribution in [0, 0.1) is 0 Å². The number of carbonyl (C=O) groups excluding carboxylic acids is 1. The van der Waals surface area contributed by atoms with Gasteiger partial charge in [-0.25, -0.2) is 0 Å². The molecule has 1 heterocycles. The normalized spacial score (nSPS) is 23.7. The van der Waals surface area contributed by atoms with Gasteiger partial charge in [0.1, 0.15) is 0 Å². The number of carbonyl (C=O) groups is 1. The van der Waals surface area contributed by atoms with Gasteiger partial charge in [0.15, 0.2) is 0 Å². The number of halogens is 2. The number of hydrogen-bond acceptors (Lipinski definition) is 2. The Morgan fingerprint density at radius 1 is 1.69 bits per heavy atom. The van der Waals surface area contributed by atoms with Crippen LogP contribution in [0.2, 0.25) is 0 Å². The first-order chi connectivity index (χ1) is 6.15. The molecule has 0 aliphatic carbocycles. The molecule has 0 bridgehead atoms. The predicted molar refractivity (Wildman–Crippen MR) is 49.1 cm³/mol. The van der Waals surface area contributed by atoms with Crippen molar-refractivity contribution in [3.05, 3.63) is 0 Å². The molecule has 1 atom stereocenters. The molecule has 0 aromatic carbocycles. The first-order valence-electron chi connectivity index (χ1n) is 4.33. The van der Waals surface area contributed by atoms with Crippen molar-refractivity contribution in [2.75, 3.05) is 18.8 Å². The molecule has 1 aliphatic rings. The summed E-state index contributed by atoms with van der Waals surface area (Å²) >= 11 is 1.76. The Morgan fingerprint density at radius 3 is 2.92 bits per heavy atom. The van der Waals surface area contributed by atoms with Crippen LogP contribution in [-0.4, -0.2) is 41.3 Å². The van der Waals surface area contributed by atoms with Crippen LogP contribution in [0.3, 0.4) is 0 Å². The Labute approximate surface area is 80.7 Å². The van der Waals surface area contributed by atoms with Crippen molar-refractivity contribution in [3.8, 4) is 0 Å². The van der Waals surface area contributed by atoms with Crippen LogP contribution in [0.25, 0.3) is 0 Å². The van der Waals surface area contributed by atoms with Crippen LogP contribution in [0.15, 0.2) is 0 Å². The van der Waals surface area contributed by atoms with E-state index in [-0.39, 0.29) is 0 Å². The van der Waals surface area contributed by atoms with Crippen molar-refractivity contribution >= 4 is 17.7 Å². The third kappa shape index (κ3) is 2.83. The van der Waals surface area contributed by atoms with Gasteiger partial charge in [-0.1, -0.05) is 6.92 Å². The summed E-state index contributed by atoms with van der Waals surface area (Å²) in [5.74, 6) is -0.240. The summed E-state index contributed by atoms with van der Waals surface area (Å²) in [4.78, 5) is 12.2. The van der Waals surface area contributed by atoms with Crippen molar-refractivity contribution in [1.29, 1.82) is 0 Å². The minimum atomic E-state index is -2.85. The molecule has 2 nitrogen and oxygen atoms in total. The maximum Gasteiger partial charge on any atom is 0.315 e. The van der Waals surface area contributed by atoms with Crippen molar-refractivity contribution in [2.24, 2.45) is 0 Å². The lowest BCUT2D eigenvalue weighted by molar-refractivity contribution is -0.142. The summed E-state index contributed by atoms with van der Waals surface area (Å²) in [5.41, 5.74) is 0. The molecule has 0 aromatic heterocycles. The number of rotatable bonds is 2. The highest BCUT2D eigenvalue weighted by atomic mass is 32.2. The topological polar surface area (TPSA) is 20.3 Å². The fraction of sp³-hybridized carbons (Fsp3) is 0.875. The van der Waals surface area contributed by atoms with Gasteiger partial charge >= 0.3 is 6.43 Å². The summed E-state index contributed by atoms with van der Waals surface area (Å²) in [6, 6.07) is 0. The first kappa shape index (κ1) is 10.8. The maximum atomic E-state index is 12.0. The van der Waals surface area contributed by atoms with Gasteiger partial charge in [-0.3, -0.25) is 4.79 Å². The number of amides is 1. The van der Waals surface area contributed by atoms with Gasteiger partial charge in [0, 0.05) is 24.1 Å². The second-order valence-corrected chi connectivity index (χ2v) is 4.39. The Morgan fingerprint density at radius 2 is 2.38 bits per heavy atom. The van der Waals surface area contributed by atoms with Crippen LogP contribution in [0.5, 0.6) is 0 Å². The van der Waals surface area contributed by atoms with E-state index < -0.39 is 12.3 Å². The minimum Gasteiger partial charge on any atom is -0.336 e. The third-order valence-corrected chi connectivity index (χ3v) is 3.46. The first-order valence-corrected chi connectivity index (χ1v) is 5.38. The van der Waals surface area contributed by atoms with E-state index in [0.717, 1.165) is 12.2 Å². The molecule has 13 heavy (non-hydrogen) atoms. The molecule has 0 aromatic rings. The predicted octanol–water partition coefficient (Wildman–Crippen LogP) is 1.61. The van der Waals surface area contributed by atoms with Gasteiger partial charge in [-0.2, -0.15) is 20.5 Å². The summed E-state index contributed by atoms with van der Waals surface area (Å²) in [6.45, 7) is 2.95. The SMILES string of the molecule is CCC1CN(C(=O)C(F)F)CCS1. The molecule has 1 amide bonds. The van der Waals surface area contributed by atoms with Crippen molar-refractivity contribution in [3.63, 3.8) is 0 Å². The molecule has 0 saturated carbocycles. The molecule has 0 spiro atoms. The Hall–Kier alpha value is -0.320. The molecule has 1 fully saturated rings. The van der Waals surface area contributed by atoms with E-state index in [2.05, 4.69) is 0 Å². The van der Waals surface area contributed by atoms with Crippen molar-refractivity contribution in [2.45, 2.75) is 25.0 Å². The summed E-state index contributed by atoms with van der Waals surface area (Å²) in [6.07, 6.45) is -1.92. The van der Waals surface area contributed by atoms with Crippen LogP contribution < -0.4 is 0 Å². The molecule has 1 aliphatic heterocycles. The van der Waals surface area contributed by atoms with E-state index >= 15 is 0 Å². The minimum absolute atomic E-state index is 0.330. The van der Waals surface area contributed by atoms with E-state index in [9.17, 15) is 13.6 Å². The highest BCUT2D eigenvalue weighted by Crippen LogP contribution is 2.21. The second-order valence-electron chi connectivity index (χ2n) is 2.99. The molecular formula is C8H13F2NOS. The van der Waals surface area contributed by atoms with Crippen molar-refractivity contribution < 1.29 is 13.6 Å². The van der Waals surface area contributed by atoms with E-state index in [0.29, 0.717) is 18.3 Å². The zero-order chi connectivity index (χ0) is 9.84. The monoisotopic (exact) mass is 209 g/mol. The summed E-state index contributed by atoms with van der Waals surface area (Å²) < 4.78 is 24.1. The van der Waals surface area contributed by atoms with Crippen LogP contribution in [0.4, 0.5) is 8.78 Å². The Balaban J connectivity index is 2.46. The summed E-state index contributed by atoms with van der Waals surface area (Å²) in [5, 5.41) is 0.330. The molecule has 76 valence electrons. The average molecular weight is 209 g/mol. The van der Waals surface area contributed by atoms with Crippen LogP contribution in [0.1, 0.15) is 13.3 Å². The van der Waals surface area contributed by atoms with E-state index in [4.69, 9.17) is 0 Å². The molecule has 0 N–H and O–H groups in total. The lowest BCUT2D eigenvalue weighted by Gasteiger charge is -2.31. The molecule has 1 rings (SSSR count). The standard InChI is InChI=1S/C8H13F2NOS/c1-2-6-5-11(3-4-13-6)8(12)7(9)10/h6-7H,2-5H2,1H3. The zero-order valence-electron chi connectivity index (χ0n) is 7.50. The summed E-state index contributed by atoms with van der Waals surface area (Å²) in [7, 11) is 0. The van der Waals surface area contributed by atoms with Crippen LogP contribution >= 0.6 is 11.8 Å². The molecular weight excluding hydrogens is 196 g/mol. The van der Waals surface area contributed by atoms with E-state index in [1.54, 1.807) is 11.8 Å². The zero-order valence-corrected chi connectivity index (χ0v) is 8.32. The molecule has 1 saturated heterocycles. The van der Waals surface area contributed by atoms with Crippen LogP contribution in [-0.2, 0) is 4.79 Å².